The van der Waals surface area contributed by atoms with E-state index in [9.17, 15) is 4.79 Å². The summed E-state index contributed by atoms with van der Waals surface area (Å²) in [6, 6.07) is 15.0. The zero-order valence-corrected chi connectivity index (χ0v) is 13.7. The normalized spacial score (nSPS) is 10.4. The van der Waals surface area contributed by atoms with Gasteiger partial charge in [-0.2, -0.15) is 0 Å². The molecule has 2 aromatic rings. The molecular weight excluding hydrogens is 292 g/mol. The summed E-state index contributed by atoms with van der Waals surface area (Å²) in [5, 5.41) is 0. The first-order valence-corrected chi connectivity index (χ1v) is 7.73. The minimum absolute atomic E-state index is 0.293. The van der Waals surface area contributed by atoms with Crippen molar-refractivity contribution in [2.45, 2.75) is 19.8 Å². The SMILES string of the molecule is CCOc1ccc(C(C(=O)OC)c2ccc(OCC)cc2)cc1. The summed E-state index contributed by atoms with van der Waals surface area (Å²) in [7, 11) is 1.40. The fourth-order valence-electron chi connectivity index (χ4n) is 2.43. The number of rotatable bonds is 7. The number of methoxy groups -OCH3 is 1. The lowest BCUT2D eigenvalue weighted by atomic mass is 9.91. The van der Waals surface area contributed by atoms with Crippen LogP contribution in [0.25, 0.3) is 0 Å². The molecule has 0 heterocycles. The largest absolute Gasteiger partial charge is 0.494 e. The molecule has 0 saturated carbocycles. The van der Waals surface area contributed by atoms with Gasteiger partial charge in [0, 0.05) is 0 Å². The highest BCUT2D eigenvalue weighted by Crippen LogP contribution is 2.29. The topological polar surface area (TPSA) is 44.8 Å². The number of hydrogen-bond acceptors (Lipinski definition) is 4. The quantitative estimate of drug-likeness (QED) is 0.729. The second kappa shape index (κ2) is 8.22. The highest BCUT2D eigenvalue weighted by atomic mass is 16.5. The highest BCUT2D eigenvalue weighted by Gasteiger charge is 2.23. The third-order valence-electron chi connectivity index (χ3n) is 3.49. The van der Waals surface area contributed by atoms with Gasteiger partial charge < -0.3 is 14.2 Å². The van der Waals surface area contributed by atoms with Crippen LogP contribution < -0.4 is 9.47 Å². The fraction of sp³-hybridized carbons (Fsp3) is 0.316. The van der Waals surface area contributed by atoms with E-state index >= 15 is 0 Å². The second-order valence-corrected chi connectivity index (χ2v) is 4.96. The summed E-state index contributed by atoms with van der Waals surface area (Å²) in [4.78, 5) is 12.2. The third-order valence-corrected chi connectivity index (χ3v) is 3.49. The molecule has 2 aromatic carbocycles. The Kier molecular flexibility index (Phi) is 6.03. The molecule has 4 heteroatoms. The molecular formula is C19H22O4. The summed E-state index contributed by atoms with van der Waals surface area (Å²) in [5.74, 6) is 0.808. The molecule has 0 bridgehead atoms. The summed E-state index contributed by atoms with van der Waals surface area (Å²) in [6.45, 7) is 5.09. The van der Waals surface area contributed by atoms with Crippen LogP contribution >= 0.6 is 0 Å². The van der Waals surface area contributed by atoms with Crippen LogP contribution in [0.5, 0.6) is 11.5 Å². The van der Waals surface area contributed by atoms with E-state index < -0.39 is 5.92 Å². The minimum atomic E-state index is -0.466. The third kappa shape index (κ3) is 4.25. The first-order chi connectivity index (χ1) is 11.2. The molecule has 122 valence electrons. The van der Waals surface area contributed by atoms with E-state index in [1.165, 1.54) is 7.11 Å². The summed E-state index contributed by atoms with van der Waals surface area (Å²) >= 11 is 0. The lowest BCUT2D eigenvalue weighted by molar-refractivity contribution is -0.141. The maximum atomic E-state index is 12.2. The first-order valence-electron chi connectivity index (χ1n) is 7.73. The van der Waals surface area contributed by atoms with E-state index in [-0.39, 0.29) is 5.97 Å². The zero-order chi connectivity index (χ0) is 16.7. The Balaban J connectivity index is 2.31. The summed E-state index contributed by atoms with van der Waals surface area (Å²) < 4.78 is 15.9. The van der Waals surface area contributed by atoms with Crippen molar-refractivity contribution in [3.63, 3.8) is 0 Å². The van der Waals surface area contributed by atoms with Crippen LogP contribution in [-0.2, 0) is 9.53 Å². The van der Waals surface area contributed by atoms with Crippen LogP contribution in [0.15, 0.2) is 48.5 Å². The predicted molar refractivity (Wildman–Crippen MR) is 89.1 cm³/mol. The van der Waals surface area contributed by atoms with Gasteiger partial charge in [-0.1, -0.05) is 24.3 Å². The maximum absolute atomic E-state index is 12.2. The second-order valence-electron chi connectivity index (χ2n) is 4.96. The Hall–Kier alpha value is -2.49. The Bertz CT molecular complexity index is 567. The van der Waals surface area contributed by atoms with Crippen molar-refractivity contribution in [3.05, 3.63) is 59.7 Å². The molecule has 4 nitrogen and oxygen atoms in total. The molecule has 0 aliphatic rings. The van der Waals surface area contributed by atoms with E-state index in [1.807, 2.05) is 62.4 Å². The van der Waals surface area contributed by atoms with Crippen molar-refractivity contribution in [2.75, 3.05) is 20.3 Å². The van der Waals surface area contributed by atoms with Crippen molar-refractivity contribution in [1.82, 2.24) is 0 Å². The molecule has 0 amide bonds. The number of hydrogen-bond donors (Lipinski definition) is 0. The monoisotopic (exact) mass is 314 g/mol. The number of ether oxygens (including phenoxy) is 3. The van der Waals surface area contributed by atoms with Gasteiger partial charge in [0.15, 0.2) is 0 Å². The molecule has 0 aliphatic carbocycles. The number of esters is 1. The van der Waals surface area contributed by atoms with Gasteiger partial charge in [0.1, 0.15) is 17.4 Å². The van der Waals surface area contributed by atoms with Gasteiger partial charge in [0.25, 0.3) is 0 Å². The average molecular weight is 314 g/mol. The van der Waals surface area contributed by atoms with Crippen LogP contribution in [0, 0.1) is 0 Å². The van der Waals surface area contributed by atoms with Gasteiger partial charge in [0.2, 0.25) is 0 Å². The van der Waals surface area contributed by atoms with Crippen molar-refractivity contribution in [3.8, 4) is 11.5 Å². The van der Waals surface area contributed by atoms with Crippen LogP contribution in [0.3, 0.4) is 0 Å². The Labute approximate surface area is 137 Å². The number of carbonyl (C=O) groups excluding carboxylic acids is 1. The van der Waals surface area contributed by atoms with Crippen molar-refractivity contribution in [2.24, 2.45) is 0 Å². The minimum Gasteiger partial charge on any atom is -0.494 e. The van der Waals surface area contributed by atoms with Crippen molar-refractivity contribution < 1.29 is 19.0 Å². The molecule has 0 aliphatic heterocycles. The van der Waals surface area contributed by atoms with E-state index in [0.717, 1.165) is 22.6 Å². The average Bonchev–Trinajstić information content (AvgIpc) is 2.58. The van der Waals surface area contributed by atoms with Crippen LogP contribution in [0.2, 0.25) is 0 Å². The van der Waals surface area contributed by atoms with Gasteiger partial charge in [-0.05, 0) is 49.2 Å². The summed E-state index contributed by atoms with van der Waals surface area (Å²) in [6.07, 6.45) is 0. The highest BCUT2D eigenvalue weighted by molar-refractivity contribution is 5.82. The van der Waals surface area contributed by atoms with Gasteiger partial charge in [0.05, 0.1) is 20.3 Å². The molecule has 0 radical (unpaired) electrons. The molecule has 0 atom stereocenters. The molecule has 0 saturated heterocycles. The fourth-order valence-corrected chi connectivity index (χ4v) is 2.43. The lowest BCUT2D eigenvalue weighted by Crippen LogP contribution is -2.15. The van der Waals surface area contributed by atoms with E-state index in [4.69, 9.17) is 14.2 Å². The first kappa shape index (κ1) is 16.9. The molecule has 23 heavy (non-hydrogen) atoms. The molecule has 2 rings (SSSR count). The molecule has 0 unspecified atom stereocenters. The van der Waals surface area contributed by atoms with E-state index in [2.05, 4.69) is 0 Å². The van der Waals surface area contributed by atoms with E-state index in [0.29, 0.717) is 13.2 Å². The zero-order valence-electron chi connectivity index (χ0n) is 13.7. The maximum Gasteiger partial charge on any atom is 0.317 e. The standard InChI is InChI=1S/C19H22O4/c1-4-22-16-10-6-14(7-11-16)18(19(20)21-3)15-8-12-17(13-9-15)23-5-2/h6-13,18H,4-5H2,1-3H3. The summed E-state index contributed by atoms with van der Waals surface area (Å²) in [5.41, 5.74) is 1.73. The van der Waals surface area contributed by atoms with Gasteiger partial charge >= 0.3 is 5.97 Å². The Morgan fingerprint density at radius 3 is 1.52 bits per heavy atom. The van der Waals surface area contributed by atoms with Gasteiger partial charge in [-0.25, -0.2) is 0 Å². The van der Waals surface area contributed by atoms with Crippen LogP contribution in [-0.4, -0.2) is 26.3 Å². The van der Waals surface area contributed by atoms with Crippen molar-refractivity contribution >= 4 is 5.97 Å². The van der Waals surface area contributed by atoms with Gasteiger partial charge in [-0.3, -0.25) is 4.79 Å². The van der Waals surface area contributed by atoms with E-state index in [1.54, 1.807) is 0 Å². The lowest BCUT2D eigenvalue weighted by Gasteiger charge is -2.16. The van der Waals surface area contributed by atoms with Crippen molar-refractivity contribution in [1.29, 1.82) is 0 Å². The van der Waals surface area contributed by atoms with Crippen LogP contribution in [0.1, 0.15) is 30.9 Å². The molecule has 0 N–H and O–H groups in total. The van der Waals surface area contributed by atoms with Crippen LogP contribution in [0.4, 0.5) is 0 Å². The molecule has 0 spiro atoms. The van der Waals surface area contributed by atoms with Gasteiger partial charge in [-0.15, -0.1) is 0 Å². The molecule has 0 aromatic heterocycles. The number of benzene rings is 2. The molecule has 0 fully saturated rings. The Morgan fingerprint density at radius 2 is 1.22 bits per heavy atom. The smallest absolute Gasteiger partial charge is 0.317 e. The Morgan fingerprint density at radius 1 is 0.826 bits per heavy atom. The number of carbonyl (C=O) groups is 1. The predicted octanol–water partition coefficient (Wildman–Crippen LogP) is 3.79.